The summed E-state index contributed by atoms with van der Waals surface area (Å²) in [5.74, 6) is -0.579. The molecular weight excluding hydrogens is 387 g/mol. The normalized spacial score (nSPS) is 10.7. The molecule has 5 nitrogen and oxygen atoms in total. The van der Waals surface area contributed by atoms with Crippen LogP contribution in [0, 0.1) is 12.7 Å². The maximum Gasteiger partial charge on any atom is 0.280 e. The molecule has 0 radical (unpaired) electrons. The number of carbonyl (C=O) groups excluding carboxylic acids is 1. The molecule has 0 saturated heterocycles. The van der Waals surface area contributed by atoms with E-state index < -0.39 is 0 Å². The van der Waals surface area contributed by atoms with Gasteiger partial charge in [-0.05, 0) is 36.8 Å². The monoisotopic (exact) mass is 404 g/mol. The molecule has 0 unspecified atom stereocenters. The number of aromatic nitrogens is 3. The van der Waals surface area contributed by atoms with E-state index in [9.17, 15) is 9.18 Å². The SMILES string of the molecule is Cc1cnc(C(=O)N(Cc2ccccc2)c2nc(-c3ccc(F)cc3)cs2)cn1. The molecule has 0 atom stereocenters. The summed E-state index contributed by atoms with van der Waals surface area (Å²) in [5, 5.41) is 2.40. The topological polar surface area (TPSA) is 59.0 Å². The number of benzene rings is 2. The predicted octanol–water partition coefficient (Wildman–Crippen LogP) is 4.89. The van der Waals surface area contributed by atoms with Crippen LogP contribution in [0.2, 0.25) is 0 Å². The summed E-state index contributed by atoms with van der Waals surface area (Å²) in [5.41, 5.74) is 3.44. The number of thiazole rings is 1. The van der Waals surface area contributed by atoms with E-state index in [2.05, 4.69) is 15.0 Å². The van der Waals surface area contributed by atoms with E-state index >= 15 is 0 Å². The number of carbonyl (C=O) groups is 1. The molecule has 2 aromatic carbocycles. The van der Waals surface area contributed by atoms with Crippen LogP contribution in [-0.2, 0) is 6.54 Å². The lowest BCUT2D eigenvalue weighted by Crippen LogP contribution is -2.31. The number of amides is 1. The third-order valence-corrected chi connectivity index (χ3v) is 5.16. The fourth-order valence-electron chi connectivity index (χ4n) is 2.78. The minimum absolute atomic E-state index is 0.255. The standard InChI is InChI=1S/C22H17FN4OS/c1-15-11-25-19(12-24-15)21(28)27(13-16-5-3-2-4-6-16)22-26-20(14-29-22)17-7-9-18(23)10-8-17/h2-12,14H,13H2,1H3. The maximum atomic E-state index is 13.2. The van der Waals surface area contributed by atoms with Crippen molar-refractivity contribution < 1.29 is 9.18 Å². The molecule has 0 aliphatic heterocycles. The van der Waals surface area contributed by atoms with Crippen LogP contribution in [0.25, 0.3) is 11.3 Å². The van der Waals surface area contributed by atoms with E-state index in [1.807, 2.05) is 42.6 Å². The summed E-state index contributed by atoms with van der Waals surface area (Å²) in [7, 11) is 0. The van der Waals surface area contributed by atoms with Crippen LogP contribution in [0.1, 0.15) is 21.7 Å². The third kappa shape index (κ3) is 4.35. The first kappa shape index (κ1) is 18.9. The second-order valence-electron chi connectivity index (χ2n) is 6.44. The maximum absolute atomic E-state index is 13.2. The van der Waals surface area contributed by atoms with Gasteiger partial charge in [-0.1, -0.05) is 30.3 Å². The molecule has 0 fully saturated rings. The molecule has 0 spiro atoms. The largest absolute Gasteiger partial charge is 0.280 e. The van der Waals surface area contributed by atoms with Crippen molar-refractivity contribution >= 4 is 22.4 Å². The fourth-order valence-corrected chi connectivity index (χ4v) is 3.61. The van der Waals surface area contributed by atoms with Crippen LogP contribution in [0.15, 0.2) is 72.4 Å². The first-order valence-corrected chi connectivity index (χ1v) is 9.84. The first-order valence-electron chi connectivity index (χ1n) is 8.96. The van der Waals surface area contributed by atoms with Crippen molar-refractivity contribution in [3.05, 3.63) is 95.1 Å². The zero-order valence-electron chi connectivity index (χ0n) is 15.6. The summed E-state index contributed by atoms with van der Waals surface area (Å²) in [4.78, 5) is 27.8. The second-order valence-corrected chi connectivity index (χ2v) is 7.28. The fraction of sp³-hybridized carbons (Fsp3) is 0.0909. The van der Waals surface area contributed by atoms with Gasteiger partial charge in [0.15, 0.2) is 5.13 Å². The van der Waals surface area contributed by atoms with Gasteiger partial charge in [0.05, 0.1) is 24.1 Å². The molecule has 0 aliphatic carbocycles. The molecule has 144 valence electrons. The van der Waals surface area contributed by atoms with Gasteiger partial charge in [-0.25, -0.2) is 14.4 Å². The highest BCUT2D eigenvalue weighted by Crippen LogP contribution is 2.29. The zero-order chi connectivity index (χ0) is 20.2. The number of hydrogen-bond donors (Lipinski definition) is 0. The van der Waals surface area contributed by atoms with E-state index in [0.717, 1.165) is 16.8 Å². The average Bonchev–Trinajstić information content (AvgIpc) is 3.23. The van der Waals surface area contributed by atoms with Gasteiger partial charge in [0.2, 0.25) is 0 Å². The van der Waals surface area contributed by atoms with Crippen LogP contribution in [0.5, 0.6) is 0 Å². The molecule has 0 saturated carbocycles. The lowest BCUT2D eigenvalue weighted by Gasteiger charge is -2.19. The summed E-state index contributed by atoms with van der Waals surface area (Å²) >= 11 is 1.35. The lowest BCUT2D eigenvalue weighted by atomic mass is 10.2. The number of halogens is 1. The molecule has 0 bridgehead atoms. The van der Waals surface area contributed by atoms with Crippen LogP contribution >= 0.6 is 11.3 Å². The Bertz CT molecular complexity index is 1110. The quantitative estimate of drug-likeness (QED) is 0.475. The molecule has 29 heavy (non-hydrogen) atoms. The summed E-state index contributed by atoms with van der Waals surface area (Å²) < 4.78 is 13.2. The van der Waals surface area contributed by atoms with Gasteiger partial charge in [0.1, 0.15) is 11.5 Å². The molecule has 2 heterocycles. The number of hydrogen-bond acceptors (Lipinski definition) is 5. The van der Waals surface area contributed by atoms with Gasteiger partial charge in [-0.15, -0.1) is 11.3 Å². The lowest BCUT2D eigenvalue weighted by molar-refractivity contribution is 0.0980. The van der Waals surface area contributed by atoms with E-state index in [-0.39, 0.29) is 17.4 Å². The van der Waals surface area contributed by atoms with Crippen molar-refractivity contribution in [2.45, 2.75) is 13.5 Å². The van der Waals surface area contributed by atoms with Crippen molar-refractivity contribution in [2.75, 3.05) is 4.90 Å². The third-order valence-electron chi connectivity index (χ3n) is 4.29. The molecule has 7 heteroatoms. The minimum atomic E-state index is -0.303. The van der Waals surface area contributed by atoms with E-state index in [4.69, 9.17) is 0 Å². The van der Waals surface area contributed by atoms with Gasteiger partial charge >= 0.3 is 0 Å². The Kier molecular flexibility index (Phi) is 5.39. The molecule has 0 N–H and O–H groups in total. The molecule has 4 aromatic rings. The van der Waals surface area contributed by atoms with E-state index in [1.165, 1.54) is 29.7 Å². The highest BCUT2D eigenvalue weighted by Gasteiger charge is 2.23. The minimum Gasteiger partial charge on any atom is -0.278 e. The summed E-state index contributed by atoms with van der Waals surface area (Å²) in [6, 6.07) is 15.8. The van der Waals surface area contributed by atoms with Crippen molar-refractivity contribution in [2.24, 2.45) is 0 Å². The number of aryl methyl sites for hydroxylation is 1. The molecule has 0 aliphatic rings. The Balaban J connectivity index is 1.69. The van der Waals surface area contributed by atoms with Crippen LogP contribution in [0.3, 0.4) is 0 Å². The average molecular weight is 404 g/mol. The molecule has 4 rings (SSSR count). The predicted molar refractivity (Wildman–Crippen MR) is 111 cm³/mol. The van der Waals surface area contributed by atoms with Gasteiger partial charge in [0, 0.05) is 17.1 Å². The Morgan fingerprint density at radius 2 is 1.79 bits per heavy atom. The van der Waals surface area contributed by atoms with Crippen molar-refractivity contribution in [3.63, 3.8) is 0 Å². The molecular formula is C22H17FN4OS. The smallest absolute Gasteiger partial charge is 0.278 e. The molecule has 1 amide bonds. The van der Waals surface area contributed by atoms with Gasteiger partial charge < -0.3 is 0 Å². The summed E-state index contributed by atoms with van der Waals surface area (Å²) in [6.07, 6.45) is 3.05. The number of nitrogens with zero attached hydrogens (tertiary/aromatic N) is 4. The Morgan fingerprint density at radius 3 is 2.48 bits per heavy atom. The van der Waals surface area contributed by atoms with Crippen molar-refractivity contribution in [1.29, 1.82) is 0 Å². The summed E-state index contributed by atoms with van der Waals surface area (Å²) in [6.45, 7) is 2.17. The van der Waals surface area contributed by atoms with Crippen LogP contribution in [-0.4, -0.2) is 20.9 Å². The number of rotatable bonds is 5. The zero-order valence-corrected chi connectivity index (χ0v) is 16.4. The Labute approximate surface area is 171 Å². The van der Waals surface area contributed by atoms with E-state index in [1.54, 1.807) is 23.2 Å². The number of anilines is 1. The Hall–Kier alpha value is -3.45. The van der Waals surface area contributed by atoms with Crippen molar-refractivity contribution in [1.82, 2.24) is 15.0 Å². The first-order chi connectivity index (χ1) is 14.1. The van der Waals surface area contributed by atoms with Crippen LogP contribution in [0.4, 0.5) is 9.52 Å². The highest BCUT2D eigenvalue weighted by atomic mass is 32.1. The van der Waals surface area contributed by atoms with Gasteiger partial charge in [-0.3, -0.25) is 14.7 Å². The van der Waals surface area contributed by atoms with Crippen molar-refractivity contribution in [3.8, 4) is 11.3 Å². The second kappa shape index (κ2) is 8.28. The van der Waals surface area contributed by atoms with E-state index in [0.29, 0.717) is 17.4 Å². The van der Waals surface area contributed by atoms with Crippen LogP contribution < -0.4 is 4.90 Å². The van der Waals surface area contributed by atoms with Gasteiger partial charge in [0.25, 0.3) is 5.91 Å². The van der Waals surface area contributed by atoms with Gasteiger partial charge in [-0.2, -0.15) is 0 Å². The highest BCUT2D eigenvalue weighted by molar-refractivity contribution is 7.14. The Morgan fingerprint density at radius 1 is 1.03 bits per heavy atom. The molecule has 2 aromatic heterocycles.